The number of fused-ring (bicyclic) bond motifs is 3. The number of ether oxygens (including phenoxy) is 1. The lowest BCUT2D eigenvalue weighted by Crippen LogP contribution is -2.38. The number of aliphatic hydroxyl groups is 1. The second-order valence-electron chi connectivity index (χ2n) is 7.38. The van der Waals surface area contributed by atoms with Gasteiger partial charge in [0.05, 0.1) is 6.10 Å². The molecule has 0 bridgehead atoms. The van der Waals surface area contributed by atoms with Gasteiger partial charge in [0.25, 0.3) is 0 Å². The van der Waals surface area contributed by atoms with Crippen molar-refractivity contribution in [1.82, 2.24) is 4.90 Å². The number of nitrogens with zero attached hydrogens (tertiary/aromatic N) is 1. The summed E-state index contributed by atoms with van der Waals surface area (Å²) in [6.45, 7) is 2.84. The summed E-state index contributed by atoms with van der Waals surface area (Å²) in [5.74, 6) is 0.0872. The molecule has 1 saturated heterocycles. The number of carbonyl (C=O) groups is 1. The van der Waals surface area contributed by atoms with Crippen molar-refractivity contribution in [2.45, 2.75) is 44.2 Å². The molecule has 2 aliphatic rings. The fraction of sp³-hybridized carbons (Fsp3) is 0.409. The molecule has 0 saturated carbocycles. The fourth-order valence-corrected chi connectivity index (χ4v) is 4.39. The van der Waals surface area contributed by atoms with Gasteiger partial charge in [-0.25, -0.2) is 4.79 Å². The Labute approximate surface area is 154 Å². The van der Waals surface area contributed by atoms with Crippen LogP contribution >= 0.6 is 0 Å². The largest absolute Gasteiger partial charge is 0.448 e. The van der Waals surface area contributed by atoms with E-state index in [0.29, 0.717) is 19.6 Å². The molecule has 2 aromatic rings. The van der Waals surface area contributed by atoms with Crippen molar-refractivity contribution in [3.63, 3.8) is 0 Å². The van der Waals surface area contributed by atoms with Gasteiger partial charge in [-0.3, -0.25) is 0 Å². The van der Waals surface area contributed by atoms with Gasteiger partial charge in [0, 0.05) is 18.5 Å². The summed E-state index contributed by atoms with van der Waals surface area (Å²) >= 11 is 0. The average molecular weight is 351 g/mol. The lowest BCUT2D eigenvalue weighted by Gasteiger charge is -2.26. The van der Waals surface area contributed by atoms with Crippen LogP contribution in [-0.2, 0) is 4.74 Å². The Morgan fingerprint density at radius 2 is 1.77 bits per heavy atom. The summed E-state index contributed by atoms with van der Waals surface area (Å²) in [5.41, 5.74) is 4.92. The molecule has 1 amide bonds. The first-order valence-corrected chi connectivity index (χ1v) is 9.45. The molecule has 1 N–H and O–H groups in total. The molecular weight excluding hydrogens is 326 g/mol. The number of benzene rings is 2. The molecule has 1 aliphatic carbocycles. The van der Waals surface area contributed by atoms with Gasteiger partial charge in [-0.05, 0) is 48.4 Å². The molecule has 2 unspecified atom stereocenters. The van der Waals surface area contributed by atoms with E-state index in [0.717, 1.165) is 12.8 Å². The molecule has 1 aliphatic heterocycles. The summed E-state index contributed by atoms with van der Waals surface area (Å²) in [6, 6.07) is 16.8. The third-order valence-electron chi connectivity index (χ3n) is 5.56. The van der Waals surface area contributed by atoms with Gasteiger partial charge >= 0.3 is 6.09 Å². The molecule has 2 atom stereocenters. The van der Waals surface area contributed by atoms with E-state index in [1.54, 1.807) is 11.8 Å². The highest BCUT2D eigenvalue weighted by Gasteiger charge is 2.33. The van der Waals surface area contributed by atoms with Crippen LogP contribution in [0.5, 0.6) is 0 Å². The van der Waals surface area contributed by atoms with Crippen LogP contribution in [0.4, 0.5) is 4.79 Å². The molecular formula is C22H25NO3. The number of hydrogen-bond donors (Lipinski definition) is 1. The van der Waals surface area contributed by atoms with E-state index in [2.05, 4.69) is 36.4 Å². The van der Waals surface area contributed by atoms with Crippen molar-refractivity contribution < 1.29 is 14.6 Å². The van der Waals surface area contributed by atoms with Crippen LogP contribution in [0.1, 0.15) is 43.2 Å². The first-order chi connectivity index (χ1) is 12.6. The molecule has 2 aromatic carbocycles. The van der Waals surface area contributed by atoms with E-state index in [1.165, 1.54) is 22.3 Å². The Kier molecular flexibility index (Phi) is 4.68. The summed E-state index contributed by atoms with van der Waals surface area (Å²) in [5, 5.41) is 9.65. The molecule has 1 fully saturated rings. The second kappa shape index (κ2) is 7.12. The van der Waals surface area contributed by atoms with Gasteiger partial charge < -0.3 is 14.7 Å². The smallest absolute Gasteiger partial charge is 0.410 e. The molecule has 0 spiro atoms. The Morgan fingerprint density at radius 1 is 1.15 bits per heavy atom. The molecule has 4 rings (SSSR count). The van der Waals surface area contributed by atoms with E-state index < -0.39 is 6.10 Å². The second-order valence-corrected chi connectivity index (χ2v) is 7.38. The quantitative estimate of drug-likeness (QED) is 0.899. The normalized spacial score (nSPS) is 19.9. The molecule has 0 radical (unpaired) electrons. The van der Waals surface area contributed by atoms with Crippen molar-refractivity contribution >= 4 is 6.09 Å². The van der Waals surface area contributed by atoms with Crippen LogP contribution in [-0.4, -0.2) is 41.4 Å². The van der Waals surface area contributed by atoms with Crippen LogP contribution in [0.25, 0.3) is 11.1 Å². The molecule has 136 valence electrons. The predicted octanol–water partition coefficient (Wildman–Crippen LogP) is 4.17. The zero-order chi connectivity index (χ0) is 18.1. The summed E-state index contributed by atoms with van der Waals surface area (Å²) in [4.78, 5) is 14.4. The van der Waals surface area contributed by atoms with E-state index in [9.17, 15) is 9.90 Å². The van der Waals surface area contributed by atoms with E-state index >= 15 is 0 Å². The van der Waals surface area contributed by atoms with Crippen molar-refractivity contribution in [3.05, 3.63) is 59.7 Å². The molecule has 26 heavy (non-hydrogen) atoms. The minimum Gasteiger partial charge on any atom is -0.448 e. The number of hydrogen-bond acceptors (Lipinski definition) is 3. The third kappa shape index (κ3) is 3.10. The van der Waals surface area contributed by atoms with Gasteiger partial charge in [-0.15, -0.1) is 0 Å². The number of aliphatic hydroxyl groups excluding tert-OH is 1. The number of rotatable bonds is 4. The topological polar surface area (TPSA) is 49.8 Å². The average Bonchev–Trinajstić information content (AvgIpc) is 3.22. The Morgan fingerprint density at radius 3 is 2.38 bits per heavy atom. The SMILES string of the molecule is CC(O)CC1CCCN1C(=O)OCC1c2ccccc2-c2ccccc21. The zero-order valence-corrected chi connectivity index (χ0v) is 15.1. The standard InChI is InChI=1S/C22H25NO3/c1-15(24)13-16-7-6-12-23(16)22(25)26-14-21-19-10-4-2-8-17(19)18-9-3-5-11-20(18)21/h2-5,8-11,15-16,21,24H,6-7,12-14H2,1H3. The van der Waals surface area contributed by atoms with Crippen molar-refractivity contribution in [1.29, 1.82) is 0 Å². The van der Waals surface area contributed by atoms with E-state index in [4.69, 9.17) is 4.74 Å². The van der Waals surface area contributed by atoms with Gasteiger partial charge in [-0.2, -0.15) is 0 Å². The summed E-state index contributed by atoms with van der Waals surface area (Å²) in [7, 11) is 0. The molecule has 0 aromatic heterocycles. The minimum atomic E-state index is -0.401. The van der Waals surface area contributed by atoms with Crippen molar-refractivity contribution in [3.8, 4) is 11.1 Å². The summed E-state index contributed by atoms with van der Waals surface area (Å²) < 4.78 is 5.74. The van der Waals surface area contributed by atoms with Crippen LogP contribution in [0, 0.1) is 0 Å². The maximum Gasteiger partial charge on any atom is 0.410 e. The van der Waals surface area contributed by atoms with Crippen LogP contribution in [0.3, 0.4) is 0 Å². The van der Waals surface area contributed by atoms with Gasteiger partial charge in [0.2, 0.25) is 0 Å². The molecule has 4 heteroatoms. The maximum atomic E-state index is 12.6. The highest BCUT2D eigenvalue weighted by Crippen LogP contribution is 2.44. The lowest BCUT2D eigenvalue weighted by molar-refractivity contribution is 0.0824. The van der Waals surface area contributed by atoms with Gasteiger partial charge in [-0.1, -0.05) is 48.5 Å². The number of carbonyl (C=O) groups excluding carboxylic acids is 1. The zero-order valence-electron chi connectivity index (χ0n) is 15.1. The van der Waals surface area contributed by atoms with Crippen LogP contribution in [0.15, 0.2) is 48.5 Å². The molecule has 4 nitrogen and oxygen atoms in total. The molecule has 1 heterocycles. The lowest BCUT2D eigenvalue weighted by atomic mass is 9.98. The fourth-order valence-electron chi connectivity index (χ4n) is 4.39. The number of amides is 1. The van der Waals surface area contributed by atoms with Gasteiger partial charge in [0.15, 0.2) is 0 Å². The van der Waals surface area contributed by atoms with Crippen molar-refractivity contribution in [2.75, 3.05) is 13.2 Å². The predicted molar refractivity (Wildman–Crippen MR) is 101 cm³/mol. The highest BCUT2D eigenvalue weighted by atomic mass is 16.6. The minimum absolute atomic E-state index is 0.0872. The van der Waals surface area contributed by atoms with Crippen LogP contribution < -0.4 is 0 Å². The van der Waals surface area contributed by atoms with Crippen molar-refractivity contribution in [2.24, 2.45) is 0 Å². The van der Waals surface area contributed by atoms with E-state index in [1.807, 2.05) is 12.1 Å². The Bertz CT molecular complexity index is 756. The summed E-state index contributed by atoms with van der Waals surface area (Å²) in [6.07, 6.45) is 1.87. The first kappa shape index (κ1) is 17.1. The Hall–Kier alpha value is -2.33. The maximum absolute atomic E-state index is 12.6. The number of likely N-dealkylation sites (tertiary alicyclic amines) is 1. The Balaban J connectivity index is 1.49. The monoisotopic (exact) mass is 351 g/mol. The first-order valence-electron chi connectivity index (χ1n) is 9.45. The van der Waals surface area contributed by atoms with Gasteiger partial charge in [0.1, 0.15) is 6.61 Å². The van der Waals surface area contributed by atoms with Crippen LogP contribution in [0.2, 0.25) is 0 Å². The highest BCUT2D eigenvalue weighted by molar-refractivity contribution is 5.79. The third-order valence-corrected chi connectivity index (χ3v) is 5.56. The van der Waals surface area contributed by atoms with E-state index in [-0.39, 0.29) is 18.1 Å².